The minimum atomic E-state index is -0.316. The summed E-state index contributed by atoms with van der Waals surface area (Å²) in [6.07, 6.45) is 10.9. The third kappa shape index (κ3) is 3.32. The van der Waals surface area contributed by atoms with Gasteiger partial charge < -0.3 is 9.64 Å². The second-order valence-corrected chi connectivity index (χ2v) is 8.99. The number of esters is 1. The van der Waals surface area contributed by atoms with Crippen LogP contribution in [0.2, 0.25) is 0 Å². The van der Waals surface area contributed by atoms with Crippen molar-refractivity contribution in [2.45, 2.75) is 50.0 Å². The van der Waals surface area contributed by atoms with Crippen LogP contribution in [0.15, 0.2) is 54.6 Å². The molecule has 3 atom stereocenters. The highest BCUT2D eigenvalue weighted by Gasteiger charge is 2.53. The molecule has 0 N–H and O–H groups in total. The van der Waals surface area contributed by atoms with Gasteiger partial charge in [-0.15, -0.1) is 0 Å². The number of benzene rings is 2. The normalized spacial score (nSPS) is 28.6. The first-order chi connectivity index (χ1) is 14.2. The minimum absolute atomic E-state index is 0.283. The molecule has 1 aliphatic heterocycles. The summed E-state index contributed by atoms with van der Waals surface area (Å²) in [6.45, 7) is 1.17. The lowest BCUT2D eigenvalue weighted by molar-refractivity contribution is -0.128. The standard InChI is InChI=1S/C26H29NO2/c1-27-16-15-26-14-6-5-9-22(26)24(27)17-20-11-12-21(18-23(20)26)29-25(28)13-10-19-7-3-2-4-8-19/h2-4,7-8,10-13,18,22,24H,5-6,9,14-17H2,1H3/b13-10+/t22-,24+,26+/m0/s1. The van der Waals surface area contributed by atoms with Crippen LogP contribution in [0.5, 0.6) is 5.75 Å². The number of likely N-dealkylation sites (tertiary alicyclic amines) is 1. The van der Waals surface area contributed by atoms with Crippen molar-refractivity contribution in [2.75, 3.05) is 13.6 Å². The molecule has 29 heavy (non-hydrogen) atoms. The van der Waals surface area contributed by atoms with E-state index in [2.05, 4.69) is 24.1 Å². The van der Waals surface area contributed by atoms with Gasteiger partial charge in [-0.1, -0.05) is 49.2 Å². The molecular weight excluding hydrogens is 358 g/mol. The van der Waals surface area contributed by atoms with E-state index in [1.807, 2.05) is 36.4 Å². The quantitative estimate of drug-likeness (QED) is 0.422. The first-order valence-corrected chi connectivity index (χ1v) is 10.9. The molecule has 1 heterocycles. The number of piperidine rings is 1. The van der Waals surface area contributed by atoms with Gasteiger partial charge in [-0.25, -0.2) is 4.79 Å². The molecule has 150 valence electrons. The Bertz CT molecular complexity index is 935. The van der Waals surface area contributed by atoms with Crippen molar-refractivity contribution in [3.05, 3.63) is 71.3 Å². The Morgan fingerprint density at radius 2 is 2.00 bits per heavy atom. The van der Waals surface area contributed by atoms with Crippen LogP contribution in [-0.4, -0.2) is 30.5 Å². The van der Waals surface area contributed by atoms with Gasteiger partial charge in [0.1, 0.15) is 5.75 Å². The minimum Gasteiger partial charge on any atom is -0.423 e. The first-order valence-electron chi connectivity index (χ1n) is 10.9. The summed E-state index contributed by atoms with van der Waals surface area (Å²) in [5, 5.41) is 0. The maximum absolute atomic E-state index is 12.4. The Kier molecular flexibility index (Phi) is 4.79. The van der Waals surface area contributed by atoms with Crippen LogP contribution in [0.1, 0.15) is 48.8 Å². The van der Waals surface area contributed by atoms with E-state index >= 15 is 0 Å². The predicted octanol–water partition coefficient (Wildman–Crippen LogP) is 4.99. The van der Waals surface area contributed by atoms with Crippen molar-refractivity contribution in [2.24, 2.45) is 5.92 Å². The highest BCUT2D eigenvalue weighted by Crippen LogP contribution is 2.55. The zero-order valence-electron chi connectivity index (χ0n) is 17.1. The summed E-state index contributed by atoms with van der Waals surface area (Å²) >= 11 is 0. The second-order valence-electron chi connectivity index (χ2n) is 8.99. The summed E-state index contributed by atoms with van der Waals surface area (Å²) in [5.74, 6) is 1.11. The number of carbonyl (C=O) groups excluding carboxylic acids is 1. The molecule has 0 amide bonds. The Morgan fingerprint density at radius 3 is 2.86 bits per heavy atom. The van der Waals surface area contributed by atoms with Crippen LogP contribution in [0.25, 0.3) is 6.08 Å². The molecule has 2 aromatic carbocycles. The molecule has 0 unspecified atom stereocenters. The monoisotopic (exact) mass is 387 g/mol. The fourth-order valence-electron chi connectivity index (χ4n) is 6.12. The molecule has 1 saturated heterocycles. The molecule has 0 aromatic heterocycles. The van der Waals surface area contributed by atoms with Crippen LogP contribution in [0, 0.1) is 5.92 Å². The Morgan fingerprint density at radius 1 is 1.14 bits per heavy atom. The van der Waals surface area contributed by atoms with Gasteiger partial charge in [0, 0.05) is 17.5 Å². The molecule has 2 bridgehead atoms. The molecule has 3 nitrogen and oxygen atoms in total. The van der Waals surface area contributed by atoms with Crippen molar-refractivity contribution in [3.8, 4) is 5.75 Å². The van der Waals surface area contributed by atoms with Gasteiger partial charge in [0.15, 0.2) is 0 Å². The van der Waals surface area contributed by atoms with Crippen LogP contribution >= 0.6 is 0 Å². The van der Waals surface area contributed by atoms with E-state index in [1.165, 1.54) is 55.9 Å². The zero-order valence-corrected chi connectivity index (χ0v) is 17.1. The number of likely N-dealkylation sites (N-methyl/N-ethyl adjacent to an activating group) is 1. The average molecular weight is 388 g/mol. The molecule has 3 heteroatoms. The number of fused-ring (bicyclic) bond motifs is 1. The smallest absolute Gasteiger partial charge is 0.336 e. The molecule has 2 fully saturated rings. The summed E-state index contributed by atoms with van der Waals surface area (Å²) in [4.78, 5) is 15.0. The van der Waals surface area contributed by atoms with Crippen LogP contribution in [0.3, 0.4) is 0 Å². The molecule has 0 radical (unpaired) electrons. The molecule has 5 rings (SSSR count). The van der Waals surface area contributed by atoms with Crippen molar-refractivity contribution >= 4 is 12.0 Å². The van der Waals surface area contributed by atoms with Gasteiger partial charge >= 0.3 is 5.97 Å². The predicted molar refractivity (Wildman–Crippen MR) is 116 cm³/mol. The van der Waals surface area contributed by atoms with Crippen LogP contribution in [-0.2, 0) is 16.6 Å². The number of nitrogens with zero attached hydrogens (tertiary/aromatic N) is 1. The Hall–Kier alpha value is -2.39. The van der Waals surface area contributed by atoms with Crippen molar-refractivity contribution in [3.63, 3.8) is 0 Å². The van der Waals surface area contributed by atoms with E-state index < -0.39 is 0 Å². The number of hydrogen-bond acceptors (Lipinski definition) is 3. The van der Waals surface area contributed by atoms with E-state index in [0.717, 1.165) is 17.9 Å². The van der Waals surface area contributed by atoms with Gasteiger partial charge in [0.25, 0.3) is 0 Å². The Balaban J connectivity index is 1.41. The summed E-state index contributed by atoms with van der Waals surface area (Å²) < 4.78 is 5.70. The lowest BCUT2D eigenvalue weighted by Gasteiger charge is -2.58. The molecule has 3 aliphatic rings. The maximum Gasteiger partial charge on any atom is 0.336 e. The van der Waals surface area contributed by atoms with Crippen molar-refractivity contribution < 1.29 is 9.53 Å². The first kappa shape index (κ1) is 18.6. The number of hydrogen-bond donors (Lipinski definition) is 0. The fourth-order valence-corrected chi connectivity index (χ4v) is 6.12. The maximum atomic E-state index is 12.4. The molecule has 0 spiro atoms. The van der Waals surface area contributed by atoms with Crippen LogP contribution < -0.4 is 4.74 Å². The van der Waals surface area contributed by atoms with E-state index in [4.69, 9.17) is 4.74 Å². The van der Waals surface area contributed by atoms with Crippen LogP contribution in [0.4, 0.5) is 0 Å². The lowest BCUT2D eigenvalue weighted by Crippen LogP contribution is -2.59. The van der Waals surface area contributed by atoms with E-state index in [0.29, 0.717) is 11.8 Å². The van der Waals surface area contributed by atoms with E-state index in [9.17, 15) is 4.79 Å². The highest BCUT2D eigenvalue weighted by atomic mass is 16.5. The lowest BCUT2D eigenvalue weighted by atomic mass is 9.52. The van der Waals surface area contributed by atoms with Gasteiger partial charge in [0.05, 0.1) is 0 Å². The summed E-state index contributed by atoms with van der Waals surface area (Å²) in [7, 11) is 2.30. The molecule has 2 aliphatic carbocycles. The largest absolute Gasteiger partial charge is 0.423 e. The van der Waals surface area contributed by atoms with Gasteiger partial charge in [-0.3, -0.25) is 0 Å². The summed E-state index contributed by atoms with van der Waals surface area (Å²) in [6, 6.07) is 16.9. The van der Waals surface area contributed by atoms with Gasteiger partial charge in [0.2, 0.25) is 0 Å². The number of rotatable bonds is 3. The number of carbonyl (C=O) groups is 1. The van der Waals surface area contributed by atoms with Crippen molar-refractivity contribution in [1.82, 2.24) is 4.90 Å². The third-order valence-electron chi connectivity index (χ3n) is 7.52. The van der Waals surface area contributed by atoms with E-state index in [-0.39, 0.29) is 11.4 Å². The van der Waals surface area contributed by atoms with Crippen molar-refractivity contribution in [1.29, 1.82) is 0 Å². The fraction of sp³-hybridized carbons (Fsp3) is 0.423. The topological polar surface area (TPSA) is 29.5 Å². The van der Waals surface area contributed by atoms with Gasteiger partial charge in [-0.05, 0) is 80.1 Å². The summed E-state index contributed by atoms with van der Waals surface area (Å²) in [5.41, 5.74) is 4.20. The molecule has 1 saturated carbocycles. The van der Waals surface area contributed by atoms with E-state index in [1.54, 1.807) is 6.08 Å². The zero-order chi connectivity index (χ0) is 19.8. The molecule has 2 aromatic rings. The highest BCUT2D eigenvalue weighted by molar-refractivity contribution is 5.88. The Labute approximate surface area is 173 Å². The SMILES string of the molecule is CN1CC[C@]23CCCC[C@H]2[C@H]1Cc1ccc(OC(=O)/C=C/c2ccccc2)cc13. The number of ether oxygens (including phenoxy) is 1. The third-order valence-corrected chi connectivity index (χ3v) is 7.52. The molecular formula is C26H29NO2. The van der Waals surface area contributed by atoms with Gasteiger partial charge in [-0.2, -0.15) is 0 Å². The second kappa shape index (κ2) is 7.46. The average Bonchev–Trinajstić information content (AvgIpc) is 2.76.